The first-order chi connectivity index (χ1) is 8.95. The molecule has 3 heteroatoms. The molecule has 2 fully saturated rings. The Labute approximate surface area is 115 Å². The largest absolute Gasteiger partial charge is 0.481 e. The third kappa shape index (κ3) is 2.85. The minimum absolute atomic E-state index is 0.192. The molecular formula is C16H26O3. The standard InChI is InChI=1S/C16H26O3/c1-11(5-3-7-15(18)19)12-8-9-13-14(17)6-4-10-16(12,13)2/h11-13H,3-10H2,1-2H3,(H,18,19)/t11-,12-,13+,16-/m1/s1. The van der Waals surface area contributed by atoms with Crippen molar-refractivity contribution in [3.8, 4) is 0 Å². The van der Waals surface area contributed by atoms with Gasteiger partial charge >= 0.3 is 5.97 Å². The van der Waals surface area contributed by atoms with Crippen LogP contribution in [-0.2, 0) is 9.59 Å². The second kappa shape index (κ2) is 5.64. The lowest BCUT2D eigenvalue weighted by Crippen LogP contribution is -2.39. The van der Waals surface area contributed by atoms with Gasteiger partial charge in [-0.25, -0.2) is 0 Å². The highest BCUT2D eigenvalue weighted by atomic mass is 16.4. The minimum atomic E-state index is -0.699. The molecule has 0 heterocycles. The van der Waals surface area contributed by atoms with Crippen molar-refractivity contribution in [2.75, 3.05) is 0 Å². The number of carboxylic acids is 1. The third-order valence-corrected chi connectivity index (χ3v) is 5.67. The van der Waals surface area contributed by atoms with Crippen molar-refractivity contribution in [3.63, 3.8) is 0 Å². The van der Waals surface area contributed by atoms with E-state index in [1.54, 1.807) is 0 Å². The van der Waals surface area contributed by atoms with E-state index >= 15 is 0 Å². The number of rotatable bonds is 5. The van der Waals surface area contributed by atoms with Crippen molar-refractivity contribution < 1.29 is 14.7 Å². The summed E-state index contributed by atoms with van der Waals surface area (Å²) in [4.78, 5) is 22.7. The number of hydrogen-bond donors (Lipinski definition) is 1. The summed E-state index contributed by atoms with van der Waals surface area (Å²) < 4.78 is 0. The number of aliphatic carboxylic acids is 1. The molecule has 1 N–H and O–H groups in total. The molecule has 0 bridgehead atoms. The first-order valence-electron chi connectivity index (χ1n) is 7.69. The zero-order valence-electron chi connectivity index (χ0n) is 12.2. The van der Waals surface area contributed by atoms with Crippen LogP contribution < -0.4 is 0 Å². The van der Waals surface area contributed by atoms with E-state index in [0.717, 1.165) is 38.5 Å². The summed E-state index contributed by atoms with van der Waals surface area (Å²) in [6.07, 6.45) is 7.23. The van der Waals surface area contributed by atoms with E-state index in [1.165, 1.54) is 6.42 Å². The van der Waals surface area contributed by atoms with Crippen molar-refractivity contribution in [3.05, 3.63) is 0 Å². The van der Waals surface area contributed by atoms with Gasteiger partial charge in [-0.1, -0.05) is 13.8 Å². The highest BCUT2D eigenvalue weighted by Gasteiger charge is 2.52. The average Bonchev–Trinajstić information content (AvgIpc) is 2.67. The number of carbonyl (C=O) groups is 2. The SMILES string of the molecule is C[C@H](CCCC(=O)O)[C@H]1CC[C@H]2C(=O)CCC[C@]12C. The van der Waals surface area contributed by atoms with E-state index in [-0.39, 0.29) is 17.8 Å². The van der Waals surface area contributed by atoms with Crippen LogP contribution >= 0.6 is 0 Å². The summed E-state index contributed by atoms with van der Waals surface area (Å²) in [6.45, 7) is 4.55. The van der Waals surface area contributed by atoms with Crippen molar-refractivity contribution in [1.82, 2.24) is 0 Å². The Kier molecular flexibility index (Phi) is 4.32. The molecule has 0 aromatic carbocycles. The van der Waals surface area contributed by atoms with Gasteiger partial charge in [0.25, 0.3) is 0 Å². The second-order valence-corrected chi connectivity index (χ2v) is 6.83. The van der Waals surface area contributed by atoms with Gasteiger partial charge in [0.15, 0.2) is 0 Å². The molecule has 0 unspecified atom stereocenters. The maximum absolute atomic E-state index is 12.1. The van der Waals surface area contributed by atoms with Crippen LogP contribution in [0.2, 0.25) is 0 Å². The topological polar surface area (TPSA) is 54.4 Å². The van der Waals surface area contributed by atoms with Gasteiger partial charge in [-0.05, 0) is 55.8 Å². The fourth-order valence-corrected chi connectivity index (χ4v) is 4.68. The second-order valence-electron chi connectivity index (χ2n) is 6.83. The fraction of sp³-hybridized carbons (Fsp3) is 0.875. The quantitative estimate of drug-likeness (QED) is 0.826. The monoisotopic (exact) mass is 266 g/mol. The van der Waals surface area contributed by atoms with Gasteiger partial charge in [0, 0.05) is 18.8 Å². The highest BCUT2D eigenvalue weighted by molar-refractivity contribution is 5.83. The smallest absolute Gasteiger partial charge is 0.303 e. The van der Waals surface area contributed by atoms with Gasteiger partial charge in [-0.15, -0.1) is 0 Å². The molecule has 0 radical (unpaired) electrons. The molecule has 2 rings (SSSR count). The maximum Gasteiger partial charge on any atom is 0.303 e. The van der Waals surface area contributed by atoms with Gasteiger partial charge in [0.05, 0.1) is 0 Å². The molecule has 0 aliphatic heterocycles. The van der Waals surface area contributed by atoms with Crippen LogP contribution in [0.3, 0.4) is 0 Å². The minimum Gasteiger partial charge on any atom is -0.481 e. The molecule has 3 nitrogen and oxygen atoms in total. The summed E-state index contributed by atoms with van der Waals surface area (Å²) in [5.41, 5.74) is 0.192. The summed E-state index contributed by atoms with van der Waals surface area (Å²) in [7, 11) is 0. The molecule has 19 heavy (non-hydrogen) atoms. The molecule has 0 aromatic rings. The summed E-state index contributed by atoms with van der Waals surface area (Å²) in [6, 6.07) is 0. The lowest BCUT2D eigenvalue weighted by molar-refractivity contribution is -0.137. The molecule has 108 valence electrons. The fourth-order valence-electron chi connectivity index (χ4n) is 4.68. The van der Waals surface area contributed by atoms with E-state index in [4.69, 9.17) is 5.11 Å². The van der Waals surface area contributed by atoms with Crippen LogP contribution in [0.4, 0.5) is 0 Å². The predicted molar refractivity (Wildman–Crippen MR) is 73.8 cm³/mol. The normalized spacial score (nSPS) is 36.0. The first-order valence-corrected chi connectivity index (χ1v) is 7.69. The van der Waals surface area contributed by atoms with Crippen LogP contribution in [0.5, 0.6) is 0 Å². The molecule has 0 aromatic heterocycles. The lowest BCUT2D eigenvalue weighted by atomic mass is 9.62. The van der Waals surface area contributed by atoms with E-state index in [1.807, 2.05) is 0 Å². The maximum atomic E-state index is 12.1. The summed E-state index contributed by atoms with van der Waals surface area (Å²) in [5, 5.41) is 8.72. The van der Waals surface area contributed by atoms with E-state index < -0.39 is 5.97 Å². The number of hydrogen-bond acceptors (Lipinski definition) is 2. The van der Waals surface area contributed by atoms with Gasteiger partial charge in [-0.3, -0.25) is 9.59 Å². The van der Waals surface area contributed by atoms with Crippen LogP contribution in [-0.4, -0.2) is 16.9 Å². The van der Waals surface area contributed by atoms with Crippen LogP contribution in [0.1, 0.15) is 65.2 Å². The average molecular weight is 266 g/mol. The van der Waals surface area contributed by atoms with Gasteiger partial charge < -0.3 is 5.11 Å². The number of ketones is 1. The number of carboxylic acid groups (broad SMARTS) is 1. The Bertz CT molecular complexity index is 363. The van der Waals surface area contributed by atoms with E-state index in [0.29, 0.717) is 17.6 Å². The third-order valence-electron chi connectivity index (χ3n) is 5.67. The van der Waals surface area contributed by atoms with Gasteiger partial charge in [-0.2, -0.15) is 0 Å². The molecule has 2 aliphatic rings. The van der Waals surface area contributed by atoms with Crippen LogP contribution in [0.25, 0.3) is 0 Å². The molecular weight excluding hydrogens is 240 g/mol. The van der Waals surface area contributed by atoms with Crippen molar-refractivity contribution >= 4 is 11.8 Å². The van der Waals surface area contributed by atoms with Crippen molar-refractivity contribution in [1.29, 1.82) is 0 Å². The first kappa shape index (κ1) is 14.5. The molecule has 0 spiro atoms. The van der Waals surface area contributed by atoms with E-state index in [9.17, 15) is 9.59 Å². The summed E-state index contributed by atoms with van der Waals surface area (Å²) >= 11 is 0. The lowest BCUT2D eigenvalue weighted by Gasteiger charge is -2.42. The Morgan fingerprint density at radius 3 is 2.89 bits per heavy atom. The molecule has 4 atom stereocenters. The highest BCUT2D eigenvalue weighted by Crippen LogP contribution is 2.57. The summed E-state index contributed by atoms with van der Waals surface area (Å²) in [5.74, 6) is 1.22. The Balaban J connectivity index is 1.96. The number of fused-ring (bicyclic) bond motifs is 1. The number of carbonyl (C=O) groups excluding carboxylic acids is 1. The Morgan fingerprint density at radius 1 is 1.47 bits per heavy atom. The van der Waals surface area contributed by atoms with E-state index in [2.05, 4.69) is 13.8 Å². The Hall–Kier alpha value is -0.860. The van der Waals surface area contributed by atoms with Crippen LogP contribution in [0, 0.1) is 23.2 Å². The van der Waals surface area contributed by atoms with Crippen molar-refractivity contribution in [2.24, 2.45) is 23.2 Å². The van der Waals surface area contributed by atoms with Crippen molar-refractivity contribution in [2.45, 2.75) is 65.2 Å². The molecule has 2 saturated carbocycles. The zero-order chi connectivity index (χ0) is 14.0. The molecule has 2 aliphatic carbocycles. The molecule has 0 amide bonds. The zero-order valence-corrected chi connectivity index (χ0v) is 12.2. The Morgan fingerprint density at radius 2 is 2.21 bits per heavy atom. The van der Waals surface area contributed by atoms with Gasteiger partial charge in [0.2, 0.25) is 0 Å². The van der Waals surface area contributed by atoms with Gasteiger partial charge in [0.1, 0.15) is 5.78 Å². The van der Waals surface area contributed by atoms with Crippen LogP contribution in [0.15, 0.2) is 0 Å². The predicted octanol–water partition coefficient (Wildman–Crippen LogP) is 3.66. The number of Topliss-reactive ketones (excluding diaryl/α,β-unsaturated/α-hetero) is 1. The molecule has 0 saturated heterocycles.